The third kappa shape index (κ3) is 4.54. The van der Waals surface area contributed by atoms with Crippen LogP contribution in [0.15, 0.2) is 24.3 Å². The Hall–Kier alpha value is -2.42. The molecule has 1 aromatic carbocycles. The number of hydrogen-bond donors (Lipinski definition) is 2. The highest BCUT2D eigenvalue weighted by Gasteiger charge is 2.61. The summed E-state index contributed by atoms with van der Waals surface area (Å²) in [7, 11) is 0. The van der Waals surface area contributed by atoms with Crippen molar-refractivity contribution in [2.75, 3.05) is 11.9 Å². The number of alkyl halides is 3. The fourth-order valence-electron chi connectivity index (χ4n) is 1.76. The van der Waals surface area contributed by atoms with Crippen molar-refractivity contribution < 1.29 is 37.4 Å². The summed E-state index contributed by atoms with van der Waals surface area (Å²) in [6, 6.07) is 5.37. The van der Waals surface area contributed by atoms with Crippen molar-refractivity contribution in [1.29, 1.82) is 0 Å². The minimum Gasteiger partial charge on any atom is -0.464 e. The molecule has 1 amide bonds. The summed E-state index contributed by atoms with van der Waals surface area (Å²) in [5.41, 5.74) is -3.48. The highest BCUT2D eigenvalue weighted by atomic mass is 19.4. The largest absolute Gasteiger partial charge is 0.464 e. The molecule has 0 aliphatic heterocycles. The van der Waals surface area contributed by atoms with Gasteiger partial charge in [-0.15, -0.1) is 0 Å². The maximum absolute atomic E-state index is 13.0. The lowest BCUT2D eigenvalue weighted by atomic mass is 9.98. The maximum Gasteiger partial charge on any atom is 0.428 e. The van der Waals surface area contributed by atoms with Crippen LogP contribution in [0.5, 0.6) is 0 Å². The zero-order valence-electron chi connectivity index (χ0n) is 12.9. The van der Waals surface area contributed by atoms with Gasteiger partial charge in [0, 0.05) is 11.3 Å². The molecule has 0 radical (unpaired) electrons. The van der Waals surface area contributed by atoms with Crippen LogP contribution in [0.1, 0.15) is 30.6 Å². The molecule has 0 aromatic heterocycles. The van der Waals surface area contributed by atoms with Crippen molar-refractivity contribution in [2.45, 2.75) is 32.0 Å². The molecule has 1 aromatic rings. The summed E-state index contributed by atoms with van der Waals surface area (Å²) in [6.07, 6.45) is -6.93. The molecule has 9 heteroatoms. The molecule has 1 atom stereocenters. The molecule has 1 rings (SSSR count). The Kier molecular flexibility index (Phi) is 6.08. The quantitative estimate of drug-likeness (QED) is 0.607. The van der Waals surface area contributed by atoms with Crippen LogP contribution in [0.4, 0.5) is 18.9 Å². The molecule has 132 valence electrons. The zero-order valence-corrected chi connectivity index (χ0v) is 12.9. The Labute approximate surface area is 135 Å². The van der Waals surface area contributed by atoms with E-state index in [1.807, 2.05) is 0 Å². The van der Waals surface area contributed by atoms with Crippen LogP contribution >= 0.6 is 0 Å². The van der Waals surface area contributed by atoms with E-state index in [9.17, 15) is 32.7 Å². The maximum atomic E-state index is 13.0. The van der Waals surface area contributed by atoms with Gasteiger partial charge < -0.3 is 15.2 Å². The number of aliphatic hydroxyl groups is 1. The van der Waals surface area contributed by atoms with Gasteiger partial charge in [0.15, 0.2) is 5.78 Å². The monoisotopic (exact) mass is 347 g/mol. The lowest BCUT2D eigenvalue weighted by molar-refractivity contribution is -0.262. The van der Waals surface area contributed by atoms with Crippen molar-refractivity contribution in [3.05, 3.63) is 29.8 Å². The number of nitrogens with one attached hydrogen (secondary N) is 1. The molecule has 0 aliphatic rings. The molecule has 0 saturated heterocycles. The van der Waals surface area contributed by atoms with Gasteiger partial charge in [-0.25, -0.2) is 4.79 Å². The van der Waals surface area contributed by atoms with E-state index < -0.39 is 30.1 Å². The lowest BCUT2D eigenvalue weighted by Crippen LogP contribution is -2.54. The van der Waals surface area contributed by atoms with Gasteiger partial charge in [-0.3, -0.25) is 9.59 Å². The van der Waals surface area contributed by atoms with Gasteiger partial charge in [0.05, 0.1) is 13.0 Å². The normalized spacial score (nSPS) is 13.8. The van der Waals surface area contributed by atoms with Crippen molar-refractivity contribution in [3.8, 4) is 0 Å². The number of anilines is 1. The Morgan fingerprint density at radius 2 is 1.71 bits per heavy atom. The standard InChI is InChI=1S/C15H16F3NO5/c1-3-24-13(22)14(23,15(16,17)18)8-12(21)19-11-6-4-10(5-7-11)9(2)20/h4-7,23H,3,8H2,1-2H3,(H,19,21)/t14-/m0/s1. The van der Waals surface area contributed by atoms with E-state index in [1.54, 1.807) is 0 Å². The molecule has 24 heavy (non-hydrogen) atoms. The van der Waals surface area contributed by atoms with Crippen LogP contribution in [0, 0.1) is 0 Å². The number of esters is 1. The summed E-state index contributed by atoms with van der Waals surface area (Å²) in [4.78, 5) is 34.3. The Morgan fingerprint density at radius 1 is 1.17 bits per heavy atom. The molecule has 0 spiro atoms. The molecule has 0 aliphatic carbocycles. The number of amides is 1. The van der Waals surface area contributed by atoms with Crippen molar-refractivity contribution in [1.82, 2.24) is 0 Å². The number of rotatable bonds is 6. The molecule has 0 heterocycles. The molecule has 0 bridgehead atoms. The Morgan fingerprint density at radius 3 is 2.12 bits per heavy atom. The second-order valence-electron chi connectivity index (χ2n) is 4.94. The number of halogens is 3. The number of ether oxygens (including phenoxy) is 1. The smallest absolute Gasteiger partial charge is 0.428 e. The summed E-state index contributed by atoms with van der Waals surface area (Å²) in [5.74, 6) is -3.40. The highest BCUT2D eigenvalue weighted by Crippen LogP contribution is 2.34. The van der Waals surface area contributed by atoms with E-state index in [-0.39, 0.29) is 18.1 Å². The average Bonchev–Trinajstić information content (AvgIpc) is 2.46. The number of ketones is 1. The van der Waals surface area contributed by atoms with Gasteiger partial charge in [0.1, 0.15) is 0 Å². The second kappa shape index (κ2) is 7.43. The fourth-order valence-corrected chi connectivity index (χ4v) is 1.76. The minimum absolute atomic E-state index is 0.110. The first-order valence-electron chi connectivity index (χ1n) is 6.88. The lowest BCUT2D eigenvalue weighted by Gasteiger charge is -2.27. The first-order chi connectivity index (χ1) is 11.0. The summed E-state index contributed by atoms with van der Waals surface area (Å²) in [6.45, 7) is 2.22. The highest BCUT2D eigenvalue weighted by molar-refractivity contribution is 5.97. The topological polar surface area (TPSA) is 92.7 Å². The average molecular weight is 347 g/mol. The van der Waals surface area contributed by atoms with Crippen LogP contribution in [0.25, 0.3) is 0 Å². The predicted octanol–water partition coefficient (Wildman–Crippen LogP) is 2.07. The number of carbonyl (C=O) groups excluding carboxylic acids is 3. The van der Waals surface area contributed by atoms with E-state index >= 15 is 0 Å². The molecular weight excluding hydrogens is 331 g/mol. The third-order valence-electron chi connectivity index (χ3n) is 3.07. The molecule has 2 N–H and O–H groups in total. The SMILES string of the molecule is CCOC(=O)[C@@](O)(CC(=O)Nc1ccc(C(C)=O)cc1)C(F)(F)F. The van der Waals surface area contributed by atoms with Gasteiger partial charge in [-0.1, -0.05) is 0 Å². The van der Waals surface area contributed by atoms with E-state index in [0.29, 0.717) is 5.56 Å². The van der Waals surface area contributed by atoms with E-state index in [1.165, 1.54) is 38.1 Å². The molecule has 0 saturated carbocycles. The van der Waals surface area contributed by atoms with Gasteiger partial charge in [-0.05, 0) is 38.1 Å². The molecule has 0 unspecified atom stereocenters. The van der Waals surface area contributed by atoms with E-state index in [2.05, 4.69) is 10.1 Å². The first kappa shape index (κ1) is 19.6. The molecular formula is C15H16F3NO5. The second-order valence-corrected chi connectivity index (χ2v) is 4.94. The Balaban J connectivity index is 2.89. The van der Waals surface area contributed by atoms with Gasteiger partial charge >= 0.3 is 12.1 Å². The van der Waals surface area contributed by atoms with Gasteiger partial charge in [-0.2, -0.15) is 13.2 Å². The molecule has 6 nitrogen and oxygen atoms in total. The Bertz CT molecular complexity index is 627. The van der Waals surface area contributed by atoms with Crippen molar-refractivity contribution in [3.63, 3.8) is 0 Å². The van der Waals surface area contributed by atoms with Crippen LogP contribution < -0.4 is 5.32 Å². The zero-order chi connectivity index (χ0) is 18.5. The van der Waals surface area contributed by atoms with Crippen LogP contribution in [0.3, 0.4) is 0 Å². The van der Waals surface area contributed by atoms with Crippen LogP contribution in [-0.4, -0.2) is 41.2 Å². The van der Waals surface area contributed by atoms with Crippen LogP contribution in [0.2, 0.25) is 0 Å². The number of hydrogen-bond acceptors (Lipinski definition) is 5. The summed E-state index contributed by atoms with van der Waals surface area (Å²) in [5, 5.41) is 11.7. The van der Waals surface area contributed by atoms with Crippen molar-refractivity contribution >= 4 is 23.3 Å². The third-order valence-corrected chi connectivity index (χ3v) is 3.07. The van der Waals surface area contributed by atoms with Gasteiger partial charge in [0.2, 0.25) is 5.91 Å². The predicted molar refractivity (Wildman–Crippen MR) is 77.3 cm³/mol. The van der Waals surface area contributed by atoms with Crippen molar-refractivity contribution in [2.24, 2.45) is 0 Å². The number of Topliss-reactive ketones (excluding diaryl/α,β-unsaturated/α-hetero) is 1. The summed E-state index contributed by atoms with van der Waals surface area (Å²) >= 11 is 0. The van der Waals surface area contributed by atoms with Gasteiger partial charge in [0.25, 0.3) is 5.60 Å². The molecule has 0 fully saturated rings. The van der Waals surface area contributed by atoms with Crippen LogP contribution in [-0.2, 0) is 14.3 Å². The first-order valence-corrected chi connectivity index (χ1v) is 6.88. The van der Waals surface area contributed by atoms with E-state index in [0.717, 1.165) is 0 Å². The van der Waals surface area contributed by atoms with E-state index in [4.69, 9.17) is 0 Å². The number of benzene rings is 1. The number of carbonyl (C=O) groups is 3. The summed E-state index contributed by atoms with van der Waals surface area (Å²) < 4.78 is 43.1. The minimum atomic E-state index is -5.38. The fraction of sp³-hybridized carbons (Fsp3) is 0.400.